The number of anilines is 1. The smallest absolute Gasteiger partial charge is 0.221 e. The van der Waals surface area contributed by atoms with E-state index in [1.807, 2.05) is 36.4 Å². The molecule has 2 aromatic rings. The Balaban J connectivity index is 0.000000181. The third kappa shape index (κ3) is 5.99. The Kier molecular flexibility index (Phi) is 5.31. The van der Waals surface area contributed by atoms with Crippen LogP contribution in [0.25, 0.3) is 0 Å². The highest BCUT2D eigenvalue weighted by molar-refractivity contribution is 5.88. The van der Waals surface area contributed by atoms with Crippen LogP contribution in [0.2, 0.25) is 0 Å². The molecular formula is C14H15NO2. The van der Waals surface area contributed by atoms with E-state index in [2.05, 4.69) is 5.32 Å². The first-order chi connectivity index (χ1) is 8.18. The van der Waals surface area contributed by atoms with Gasteiger partial charge in [0.25, 0.3) is 0 Å². The first-order valence-electron chi connectivity index (χ1n) is 5.25. The van der Waals surface area contributed by atoms with Crippen molar-refractivity contribution in [2.24, 2.45) is 0 Å². The van der Waals surface area contributed by atoms with Gasteiger partial charge in [0, 0.05) is 12.6 Å². The first kappa shape index (κ1) is 12.8. The van der Waals surface area contributed by atoms with Crippen LogP contribution in [0, 0.1) is 0 Å². The van der Waals surface area contributed by atoms with Crippen LogP contribution in [0.15, 0.2) is 60.7 Å². The molecule has 0 atom stereocenters. The van der Waals surface area contributed by atoms with Gasteiger partial charge in [0.05, 0.1) is 0 Å². The van der Waals surface area contributed by atoms with Gasteiger partial charge in [0.15, 0.2) is 0 Å². The molecule has 3 heteroatoms. The zero-order chi connectivity index (χ0) is 12.5. The lowest BCUT2D eigenvalue weighted by atomic mass is 10.3. The standard InChI is InChI=1S/C8H9NO.C6H6O/c1-7(10)9-8-5-3-2-4-6-8;7-6-4-2-1-3-5-6/h2-6H,1H3,(H,9,10);1-5,7H. The minimum Gasteiger partial charge on any atom is -0.508 e. The normalized spacial score (nSPS) is 8.76. The maximum Gasteiger partial charge on any atom is 0.221 e. The summed E-state index contributed by atoms with van der Waals surface area (Å²) in [6.45, 7) is 1.49. The van der Waals surface area contributed by atoms with Crippen LogP contribution in [-0.4, -0.2) is 11.0 Å². The van der Waals surface area contributed by atoms with Crippen molar-refractivity contribution in [3.63, 3.8) is 0 Å². The van der Waals surface area contributed by atoms with Crippen LogP contribution in [0.3, 0.4) is 0 Å². The van der Waals surface area contributed by atoms with Crippen molar-refractivity contribution in [2.75, 3.05) is 5.32 Å². The highest BCUT2D eigenvalue weighted by Crippen LogP contribution is 2.03. The van der Waals surface area contributed by atoms with E-state index in [0.29, 0.717) is 5.75 Å². The van der Waals surface area contributed by atoms with Gasteiger partial charge in [0.1, 0.15) is 5.75 Å². The molecule has 0 radical (unpaired) electrons. The number of hydrogen-bond donors (Lipinski definition) is 2. The number of benzene rings is 2. The van der Waals surface area contributed by atoms with Crippen LogP contribution in [0.4, 0.5) is 5.69 Å². The van der Waals surface area contributed by atoms with Crippen LogP contribution in [0.5, 0.6) is 5.75 Å². The molecule has 0 aliphatic heterocycles. The average molecular weight is 229 g/mol. The lowest BCUT2D eigenvalue weighted by molar-refractivity contribution is -0.114. The third-order valence-corrected chi connectivity index (χ3v) is 1.85. The van der Waals surface area contributed by atoms with E-state index in [9.17, 15) is 4.79 Å². The summed E-state index contributed by atoms with van der Waals surface area (Å²) < 4.78 is 0. The fourth-order valence-corrected chi connectivity index (χ4v) is 1.15. The highest BCUT2D eigenvalue weighted by atomic mass is 16.3. The Hall–Kier alpha value is -2.29. The Morgan fingerprint density at radius 1 is 0.941 bits per heavy atom. The number of aromatic hydroxyl groups is 1. The monoisotopic (exact) mass is 229 g/mol. The predicted molar refractivity (Wildman–Crippen MR) is 68.9 cm³/mol. The second-order valence-electron chi connectivity index (χ2n) is 3.38. The number of para-hydroxylation sites is 2. The van der Waals surface area contributed by atoms with Crippen LogP contribution >= 0.6 is 0 Å². The molecule has 2 N–H and O–H groups in total. The quantitative estimate of drug-likeness (QED) is 0.789. The molecule has 0 saturated carbocycles. The van der Waals surface area contributed by atoms with E-state index >= 15 is 0 Å². The summed E-state index contributed by atoms with van der Waals surface area (Å²) in [4.78, 5) is 10.5. The van der Waals surface area contributed by atoms with Gasteiger partial charge in [-0.15, -0.1) is 0 Å². The minimum atomic E-state index is -0.0359. The Bertz CT molecular complexity index is 440. The van der Waals surface area contributed by atoms with E-state index in [-0.39, 0.29) is 5.91 Å². The molecular weight excluding hydrogens is 214 g/mol. The number of hydrogen-bond acceptors (Lipinski definition) is 2. The van der Waals surface area contributed by atoms with E-state index in [1.165, 1.54) is 6.92 Å². The number of carbonyl (C=O) groups is 1. The fourth-order valence-electron chi connectivity index (χ4n) is 1.15. The fraction of sp³-hybridized carbons (Fsp3) is 0.0714. The summed E-state index contributed by atoms with van der Waals surface area (Å²) in [7, 11) is 0. The molecule has 0 saturated heterocycles. The molecule has 0 heterocycles. The van der Waals surface area contributed by atoms with Crippen molar-refractivity contribution in [1.29, 1.82) is 0 Å². The zero-order valence-electron chi connectivity index (χ0n) is 9.63. The molecule has 0 fully saturated rings. The van der Waals surface area contributed by atoms with Gasteiger partial charge in [-0.3, -0.25) is 4.79 Å². The van der Waals surface area contributed by atoms with Crippen molar-refractivity contribution in [3.05, 3.63) is 60.7 Å². The second kappa shape index (κ2) is 7.06. The lowest BCUT2D eigenvalue weighted by Crippen LogP contribution is -2.04. The number of amides is 1. The van der Waals surface area contributed by atoms with Crippen molar-refractivity contribution >= 4 is 11.6 Å². The van der Waals surface area contributed by atoms with Crippen molar-refractivity contribution < 1.29 is 9.90 Å². The SMILES string of the molecule is CC(=O)Nc1ccccc1.Oc1ccccc1. The summed E-state index contributed by atoms with van der Waals surface area (Å²) in [5.41, 5.74) is 0.843. The van der Waals surface area contributed by atoms with Crippen LogP contribution in [-0.2, 0) is 4.79 Å². The number of phenols is 1. The number of rotatable bonds is 1. The number of carbonyl (C=O) groups excluding carboxylic acids is 1. The van der Waals surface area contributed by atoms with E-state index in [0.717, 1.165) is 5.69 Å². The molecule has 0 unspecified atom stereocenters. The predicted octanol–water partition coefficient (Wildman–Crippen LogP) is 3.04. The van der Waals surface area contributed by atoms with Gasteiger partial charge in [-0.2, -0.15) is 0 Å². The minimum absolute atomic E-state index is 0.0359. The summed E-state index contributed by atoms with van der Waals surface area (Å²) in [5, 5.41) is 11.3. The maximum atomic E-state index is 10.5. The van der Waals surface area contributed by atoms with Crippen LogP contribution in [0.1, 0.15) is 6.92 Å². The van der Waals surface area contributed by atoms with Crippen molar-refractivity contribution in [3.8, 4) is 5.75 Å². The summed E-state index contributed by atoms with van der Waals surface area (Å²) >= 11 is 0. The molecule has 88 valence electrons. The van der Waals surface area contributed by atoms with Gasteiger partial charge < -0.3 is 10.4 Å². The Morgan fingerprint density at radius 2 is 1.41 bits per heavy atom. The molecule has 17 heavy (non-hydrogen) atoms. The largest absolute Gasteiger partial charge is 0.508 e. The molecule has 0 aromatic heterocycles. The van der Waals surface area contributed by atoms with Gasteiger partial charge in [-0.25, -0.2) is 0 Å². The topological polar surface area (TPSA) is 49.3 Å². The van der Waals surface area contributed by atoms with Gasteiger partial charge >= 0.3 is 0 Å². The molecule has 1 amide bonds. The summed E-state index contributed by atoms with van der Waals surface area (Å²) in [6, 6.07) is 18.1. The summed E-state index contributed by atoms with van der Waals surface area (Å²) in [6.07, 6.45) is 0. The maximum absolute atomic E-state index is 10.5. The zero-order valence-corrected chi connectivity index (χ0v) is 9.63. The average Bonchev–Trinajstić information content (AvgIpc) is 2.31. The molecule has 2 rings (SSSR count). The van der Waals surface area contributed by atoms with Crippen molar-refractivity contribution in [2.45, 2.75) is 6.92 Å². The highest BCUT2D eigenvalue weighted by Gasteiger charge is 1.90. The number of nitrogens with one attached hydrogen (secondary N) is 1. The Morgan fingerprint density at radius 3 is 1.76 bits per heavy atom. The molecule has 0 spiro atoms. The molecule has 0 aliphatic rings. The van der Waals surface area contributed by atoms with E-state index in [4.69, 9.17) is 5.11 Å². The van der Waals surface area contributed by atoms with Crippen LogP contribution < -0.4 is 5.32 Å². The third-order valence-electron chi connectivity index (χ3n) is 1.85. The second-order valence-corrected chi connectivity index (χ2v) is 3.38. The lowest BCUT2D eigenvalue weighted by Gasteiger charge is -1.98. The summed E-state index contributed by atoms with van der Waals surface area (Å²) in [5.74, 6) is 0.286. The molecule has 3 nitrogen and oxygen atoms in total. The number of phenolic OH excluding ortho intramolecular Hbond substituents is 1. The van der Waals surface area contributed by atoms with E-state index < -0.39 is 0 Å². The van der Waals surface area contributed by atoms with Gasteiger partial charge in [-0.05, 0) is 24.3 Å². The van der Waals surface area contributed by atoms with Gasteiger partial charge in [-0.1, -0.05) is 36.4 Å². The molecule has 0 aliphatic carbocycles. The molecule has 2 aromatic carbocycles. The van der Waals surface area contributed by atoms with Crippen molar-refractivity contribution in [1.82, 2.24) is 0 Å². The van der Waals surface area contributed by atoms with E-state index in [1.54, 1.807) is 24.3 Å². The van der Waals surface area contributed by atoms with Gasteiger partial charge in [0.2, 0.25) is 5.91 Å². The first-order valence-corrected chi connectivity index (χ1v) is 5.25. The Labute approximate surface area is 101 Å². The molecule has 0 bridgehead atoms.